The number of para-hydroxylation sites is 2. The smallest absolute Gasteiger partial charge is 0.237 e. The highest BCUT2D eigenvalue weighted by Gasteiger charge is 2.15. The average Bonchev–Trinajstić information content (AvgIpc) is 2.65. The maximum atomic E-state index is 11.9. The van der Waals surface area contributed by atoms with Crippen LogP contribution in [0.4, 0.5) is 0 Å². The number of nitrogens with one attached hydrogen (secondary N) is 1. The lowest BCUT2D eigenvalue weighted by molar-refractivity contribution is -0.122. The molecule has 2 aromatic rings. The van der Waals surface area contributed by atoms with Crippen molar-refractivity contribution in [1.82, 2.24) is 5.32 Å². The molecular formula is C19H25ClN2O5S. The zero-order chi connectivity index (χ0) is 19.9. The van der Waals surface area contributed by atoms with Crippen LogP contribution in [0.25, 0.3) is 0 Å². The predicted molar refractivity (Wildman–Crippen MR) is 111 cm³/mol. The van der Waals surface area contributed by atoms with Gasteiger partial charge in [0.05, 0.1) is 18.9 Å². The molecule has 0 aliphatic rings. The van der Waals surface area contributed by atoms with Crippen molar-refractivity contribution in [1.29, 1.82) is 0 Å². The Labute approximate surface area is 171 Å². The highest BCUT2D eigenvalue weighted by molar-refractivity contribution is 7.90. The second-order valence-electron chi connectivity index (χ2n) is 6.14. The Kier molecular flexibility index (Phi) is 9.24. The summed E-state index contributed by atoms with van der Waals surface area (Å²) < 4.78 is 33.3. The van der Waals surface area contributed by atoms with Crippen LogP contribution in [0.1, 0.15) is 12.0 Å². The third-order valence-electron chi connectivity index (χ3n) is 3.82. The van der Waals surface area contributed by atoms with Crippen molar-refractivity contribution in [3.63, 3.8) is 0 Å². The Bertz CT molecular complexity index is 872. The van der Waals surface area contributed by atoms with Gasteiger partial charge in [-0.25, -0.2) is 8.42 Å². The van der Waals surface area contributed by atoms with Crippen LogP contribution in [0.2, 0.25) is 0 Å². The highest BCUT2D eigenvalue weighted by atomic mass is 35.5. The molecule has 0 radical (unpaired) electrons. The highest BCUT2D eigenvalue weighted by Crippen LogP contribution is 2.30. The first-order chi connectivity index (χ1) is 12.8. The standard InChI is InChI=1S/C19H24N2O5S.ClH/c1-25-17-5-3-4-6-18(17)26-15-9-7-14(8-10-15)13-21-19(22)16(20)11-12-27(2,23)24;/h3-10,16H,11-13,20H2,1-2H3,(H,21,22);1H. The number of amides is 1. The van der Waals surface area contributed by atoms with Crippen LogP contribution in [0, 0.1) is 0 Å². The van der Waals surface area contributed by atoms with Crippen molar-refractivity contribution in [3.8, 4) is 17.2 Å². The second-order valence-corrected chi connectivity index (χ2v) is 8.40. The fourth-order valence-electron chi connectivity index (χ4n) is 2.30. The van der Waals surface area contributed by atoms with E-state index in [0.717, 1.165) is 11.8 Å². The van der Waals surface area contributed by atoms with E-state index < -0.39 is 15.9 Å². The molecule has 0 saturated heterocycles. The molecule has 0 bridgehead atoms. The van der Waals surface area contributed by atoms with Crippen LogP contribution < -0.4 is 20.5 Å². The number of rotatable bonds is 9. The first-order valence-corrected chi connectivity index (χ1v) is 10.5. The van der Waals surface area contributed by atoms with Crippen LogP contribution in [-0.4, -0.2) is 39.5 Å². The molecule has 0 aromatic heterocycles. The summed E-state index contributed by atoms with van der Waals surface area (Å²) in [7, 11) is -1.56. The molecule has 1 amide bonds. The summed E-state index contributed by atoms with van der Waals surface area (Å²) in [5, 5.41) is 2.70. The second kappa shape index (κ2) is 10.9. The number of nitrogens with two attached hydrogens (primary N) is 1. The lowest BCUT2D eigenvalue weighted by Crippen LogP contribution is -2.41. The SMILES string of the molecule is COc1ccccc1Oc1ccc(CNC(=O)C(N)CCS(C)(=O)=O)cc1.Cl. The zero-order valence-electron chi connectivity index (χ0n) is 15.8. The maximum Gasteiger partial charge on any atom is 0.237 e. The molecule has 0 fully saturated rings. The molecule has 1 atom stereocenters. The van der Waals surface area contributed by atoms with E-state index in [1.165, 1.54) is 0 Å². The van der Waals surface area contributed by atoms with E-state index in [1.54, 1.807) is 19.2 Å². The Balaban J connectivity index is 0.00000392. The minimum absolute atomic E-state index is 0. The first kappa shape index (κ1) is 23.7. The van der Waals surface area contributed by atoms with Gasteiger partial charge in [-0.2, -0.15) is 0 Å². The summed E-state index contributed by atoms with van der Waals surface area (Å²) in [6, 6.07) is 13.7. The summed E-state index contributed by atoms with van der Waals surface area (Å²) in [5.74, 6) is 1.39. The van der Waals surface area contributed by atoms with Gasteiger partial charge >= 0.3 is 0 Å². The predicted octanol–water partition coefficient (Wildman–Crippen LogP) is 2.29. The lowest BCUT2D eigenvalue weighted by Gasteiger charge is -2.12. The van der Waals surface area contributed by atoms with Gasteiger partial charge in [-0.3, -0.25) is 4.79 Å². The average molecular weight is 429 g/mol. The molecule has 9 heteroatoms. The molecule has 1 unspecified atom stereocenters. The number of hydrogen-bond acceptors (Lipinski definition) is 6. The molecule has 0 saturated carbocycles. The Morgan fingerprint density at radius 2 is 1.71 bits per heavy atom. The van der Waals surface area contributed by atoms with Crippen molar-refractivity contribution < 1.29 is 22.7 Å². The number of ether oxygens (including phenoxy) is 2. The zero-order valence-corrected chi connectivity index (χ0v) is 17.4. The third-order valence-corrected chi connectivity index (χ3v) is 4.80. The van der Waals surface area contributed by atoms with Crippen LogP contribution in [0.3, 0.4) is 0 Å². The molecule has 7 nitrogen and oxygen atoms in total. The van der Waals surface area contributed by atoms with Crippen LogP contribution in [0.15, 0.2) is 48.5 Å². The number of methoxy groups -OCH3 is 1. The van der Waals surface area contributed by atoms with Crippen LogP contribution in [-0.2, 0) is 21.2 Å². The minimum atomic E-state index is -3.14. The number of hydrogen-bond donors (Lipinski definition) is 2. The van der Waals surface area contributed by atoms with E-state index in [2.05, 4.69) is 5.32 Å². The number of carbonyl (C=O) groups is 1. The van der Waals surface area contributed by atoms with Gasteiger partial charge in [0.2, 0.25) is 5.91 Å². The van der Waals surface area contributed by atoms with Gasteiger partial charge in [0.15, 0.2) is 11.5 Å². The Morgan fingerprint density at radius 3 is 2.29 bits per heavy atom. The molecule has 2 aromatic carbocycles. The molecular weight excluding hydrogens is 404 g/mol. The number of carbonyl (C=O) groups excluding carboxylic acids is 1. The number of benzene rings is 2. The van der Waals surface area contributed by atoms with Gasteiger partial charge in [-0.1, -0.05) is 24.3 Å². The summed E-state index contributed by atoms with van der Waals surface area (Å²) in [4.78, 5) is 11.9. The summed E-state index contributed by atoms with van der Waals surface area (Å²) in [6.45, 7) is 0.292. The largest absolute Gasteiger partial charge is 0.493 e. The summed E-state index contributed by atoms with van der Waals surface area (Å²) >= 11 is 0. The normalized spacial score (nSPS) is 11.8. The molecule has 3 N–H and O–H groups in total. The minimum Gasteiger partial charge on any atom is -0.493 e. The molecule has 0 aliphatic heterocycles. The molecule has 28 heavy (non-hydrogen) atoms. The molecule has 0 aliphatic carbocycles. The fraction of sp³-hybridized carbons (Fsp3) is 0.316. The van der Waals surface area contributed by atoms with Crippen molar-refractivity contribution in [3.05, 3.63) is 54.1 Å². The molecule has 2 rings (SSSR count). The van der Waals surface area contributed by atoms with Gasteiger partial charge < -0.3 is 20.5 Å². The van der Waals surface area contributed by atoms with E-state index >= 15 is 0 Å². The lowest BCUT2D eigenvalue weighted by atomic mass is 10.2. The topological polar surface area (TPSA) is 108 Å². The Hall–Kier alpha value is -2.29. The molecule has 0 heterocycles. The van der Waals surface area contributed by atoms with Crippen molar-refractivity contribution >= 4 is 28.2 Å². The number of sulfone groups is 1. The summed E-state index contributed by atoms with van der Waals surface area (Å²) in [6.07, 6.45) is 1.21. The quantitative estimate of drug-likeness (QED) is 0.634. The Morgan fingerprint density at radius 1 is 1.11 bits per heavy atom. The van der Waals surface area contributed by atoms with Crippen LogP contribution >= 0.6 is 12.4 Å². The van der Waals surface area contributed by atoms with E-state index in [0.29, 0.717) is 23.8 Å². The van der Waals surface area contributed by atoms with E-state index in [4.69, 9.17) is 15.2 Å². The van der Waals surface area contributed by atoms with E-state index in [9.17, 15) is 13.2 Å². The van der Waals surface area contributed by atoms with Gasteiger partial charge in [0.1, 0.15) is 15.6 Å². The van der Waals surface area contributed by atoms with Gasteiger partial charge in [-0.05, 0) is 36.2 Å². The van der Waals surface area contributed by atoms with Crippen molar-refractivity contribution in [2.24, 2.45) is 5.73 Å². The van der Waals surface area contributed by atoms with Gasteiger partial charge in [0.25, 0.3) is 0 Å². The first-order valence-electron chi connectivity index (χ1n) is 8.39. The fourth-order valence-corrected chi connectivity index (χ4v) is 2.98. The maximum absolute atomic E-state index is 11.9. The van der Waals surface area contributed by atoms with Gasteiger partial charge in [-0.15, -0.1) is 12.4 Å². The van der Waals surface area contributed by atoms with Crippen molar-refractivity contribution in [2.75, 3.05) is 19.1 Å². The van der Waals surface area contributed by atoms with Gasteiger partial charge in [0, 0.05) is 12.8 Å². The van der Waals surface area contributed by atoms with E-state index in [1.807, 2.05) is 36.4 Å². The third kappa shape index (κ3) is 7.75. The van der Waals surface area contributed by atoms with E-state index in [-0.39, 0.29) is 30.5 Å². The monoisotopic (exact) mass is 428 g/mol. The summed E-state index contributed by atoms with van der Waals surface area (Å²) in [5.41, 5.74) is 6.58. The molecule has 154 valence electrons. The van der Waals surface area contributed by atoms with Crippen LogP contribution in [0.5, 0.6) is 17.2 Å². The number of halogens is 1. The molecule has 0 spiro atoms. The van der Waals surface area contributed by atoms with Crippen molar-refractivity contribution in [2.45, 2.75) is 19.0 Å².